The van der Waals surface area contributed by atoms with Crippen LogP contribution in [0.5, 0.6) is 0 Å². The summed E-state index contributed by atoms with van der Waals surface area (Å²) >= 11 is 5.68. The van der Waals surface area contributed by atoms with Crippen LogP contribution in [0.25, 0.3) is 0 Å². The third-order valence-corrected chi connectivity index (χ3v) is 5.73. The Bertz CT molecular complexity index is 777. The second kappa shape index (κ2) is 14.8. The number of carbonyl (C=O) groups is 4. The van der Waals surface area contributed by atoms with Gasteiger partial charge in [-0.1, -0.05) is 13.8 Å². The number of thioether (sulfide) groups is 1. The molecule has 0 radical (unpaired) electrons. The number of thiol groups is 1. The summed E-state index contributed by atoms with van der Waals surface area (Å²) in [6.07, 6.45) is 5.64. The van der Waals surface area contributed by atoms with Crippen molar-refractivity contribution in [2.75, 3.05) is 17.8 Å². The van der Waals surface area contributed by atoms with Crippen molar-refractivity contribution < 1.29 is 24.3 Å². The van der Waals surface area contributed by atoms with Crippen LogP contribution >= 0.6 is 24.4 Å². The van der Waals surface area contributed by atoms with E-state index in [1.165, 1.54) is 12.5 Å². The molecule has 0 spiro atoms. The maximum absolute atomic E-state index is 13.0. The number of nitrogens with two attached hydrogens (primary N) is 1. The first-order chi connectivity index (χ1) is 15.6. The molecule has 0 bridgehead atoms. The van der Waals surface area contributed by atoms with Crippen molar-refractivity contribution in [2.24, 2.45) is 11.7 Å². The van der Waals surface area contributed by atoms with E-state index in [4.69, 9.17) is 5.73 Å². The highest BCUT2D eigenvalue weighted by molar-refractivity contribution is 7.98. The summed E-state index contributed by atoms with van der Waals surface area (Å²) in [4.78, 5) is 56.3. The van der Waals surface area contributed by atoms with Crippen molar-refractivity contribution in [3.63, 3.8) is 0 Å². The number of aromatic nitrogens is 2. The molecule has 0 saturated heterocycles. The average molecular weight is 503 g/mol. The number of aliphatic carboxylic acids is 1. The molecule has 0 aliphatic carbocycles. The number of nitrogens with zero attached hydrogens (tertiary/aromatic N) is 1. The summed E-state index contributed by atoms with van der Waals surface area (Å²) in [6, 6.07) is -4.00. The number of amides is 3. The number of hydrogen-bond donors (Lipinski definition) is 7. The molecule has 0 fully saturated rings. The minimum atomic E-state index is -1.16. The number of hydrogen-bond acceptors (Lipinski definition) is 8. The number of carboxylic acids is 1. The number of carboxylic acid groups (broad SMARTS) is 1. The molecule has 1 aromatic rings. The molecule has 7 N–H and O–H groups in total. The van der Waals surface area contributed by atoms with E-state index in [1.54, 1.807) is 11.8 Å². The smallest absolute Gasteiger partial charge is 0.326 e. The van der Waals surface area contributed by atoms with E-state index in [0.717, 1.165) is 0 Å². The number of imidazole rings is 1. The quantitative estimate of drug-likeness (QED) is 0.158. The van der Waals surface area contributed by atoms with Crippen molar-refractivity contribution >= 4 is 48.1 Å². The van der Waals surface area contributed by atoms with Gasteiger partial charge in [-0.05, 0) is 30.8 Å². The van der Waals surface area contributed by atoms with E-state index >= 15 is 0 Å². The molecule has 11 nitrogen and oxygen atoms in total. The van der Waals surface area contributed by atoms with Crippen molar-refractivity contribution in [3.05, 3.63) is 18.2 Å². The Kier molecular flexibility index (Phi) is 12.9. The van der Waals surface area contributed by atoms with Gasteiger partial charge in [-0.15, -0.1) is 0 Å². The van der Waals surface area contributed by atoms with Gasteiger partial charge in [-0.3, -0.25) is 14.4 Å². The zero-order valence-electron chi connectivity index (χ0n) is 19.0. The summed E-state index contributed by atoms with van der Waals surface area (Å²) in [5.41, 5.74) is 6.51. The largest absolute Gasteiger partial charge is 0.480 e. The van der Waals surface area contributed by atoms with Crippen LogP contribution in [-0.4, -0.2) is 80.7 Å². The van der Waals surface area contributed by atoms with Crippen LogP contribution in [0, 0.1) is 5.92 Å². The molecule has 0 aliphatic heterocycles. The summed E-state index contributed by atoms with van der Waals surface area (Å²) in [5.74, 6) is -2.28. The molecule has 0 aromatic carbocycles. The normalized spacial score (nSPS) is 14.7. The number of H-pyrrole nitrogens is 1. The molecule has 0 saturated carbocycles. The molecule has 1 heterocycles. The molecule has 1 rings (SSSR count). The topological polar surface area (TPSA) is 179 Å². The molecule has 1 aromatic heterocycles. The number of nitrogens with one attached hydrogen (secondary N) is 4. The second-order valence-corrected chi connectivity index (χ2v) is 9.35. The lowest BCUT2D eigenvalue weighted by Crippen LogP contribution is -2.58. The Morgan fingerprint density at radius 1 is 1.12 bits per heavy atom. The lowest BCUT2D eigenvalue weighted by atomic mass is 10.0. The lowest BCUT2D eigenvalue weighted by Gasteiger charge is -2.24. The third-order valence-electron chi connectivity index (χ3n) is 4.72. The van der Waals surface area contributed by atoms with Crippen LogP contribution in [0.1, 0.15) is 32.4 Å². The maximum atomic E-state index is 13.0. The molecule has 0 aliphatic rings. The van der Waals surface area contributed by atoms with Crippen LogP contribution < -0.4 is 21.7 Å². The van der Waals surface area contributed by atoms with E-state index in [2.05, 4.69) is 38.5 Å². The van der Waals surface area contributed by atoms with E-state index in [9.17, 15) is 24.3 Å². The SMILES string of the molecule is CSCCC(N)C(=O)NC(Cc1cnc[nH]1)C(=O)NC(CS)C(=O)NC(CC(C)C)C(=O)O. The third kappa shape index (κ3) is 10.5. The maximum Gasteiger partial charge on any atom is 0.326 e. The molecule has 186 valence electrons. The Balaban J connectivity index is 2.90. The van der Waals surface area contributed by atoms with Gasteiger partial charge in [0.05, 0.1) is 12.4 Å². The Morgan fingerprint density at radius 3 is 2.24 bits per heavy atom. The van der Waals surface area contributed by atoms with Gasteiger partial charge in [-0.2, -0.15) is 24.4 Å². The van der Waals surface area contributed by atoms with Crippen molar-refractivity contribution in [3.8, 4) is 0 Å². The Hall–Kier alpha value is -2.25. The zero-order valence-corrected chi connectivity index (χ0v) is 20.7. The van der Waals surface area contributed by atoms with Crippen molar-refractivity contribution in [1.82, 2.24) is 25.9 Å². The number of carbonyl (C=O) groups excluding carboxylic acids is 3. The Morgan fingerprint density at radius 2 is 1.73 bits per heavy atom. The molecule has 4 atom stereocenters. The molecule has 3 amide bonds. The monoisotopic (exact) mass is 502 g/mol. The summed E-state index contributed by atoms with van der Waals surface area (Å²) in [6.45, 7) is 3.68. The van der Waals surface area contributed by atoms with E-state index < -0.39 is 47.9 Å². The summed E-state index contributed by atoms with van der Waals surface area (Å²) in [5, 5.41) is 17.0. The van der Waals surface area contributed by atoms with Crippen LogP contribution in [0.2, 0.25) is 0 Å². The first-order valence-electron chi connectivity index (χ1n) is 10.6. The van der Waals surface area contributed by atoms with Gasteiger partial charge in [0.2, 0.25) is 17.7 Å². The average Bonchev–Trinajstić information content (AvgIpc) is 3.27. The highest BCUT2D eigenvalue weighted by atomic mass is 32.2. The van der Waals surface area contributed by atoms with Gasteiger partial charge >= 0.3 is 5.97 Å². The van der Waals surface area contributed by atoms with Gasteiger partial charge in [0, 0.05) is 24.1 Å². The number of aromatic amines is 1. The van der Waals surface area contributed by atoms with Crippen LogP contribution in [0.4, 0.5) is 0 Å². The van der Waals surface area contributed by atoms with Crippen LogP contribution in [0.3, 0.4) is 0 Å². The molecular weight excluding hydrogens is 468 g/mol. The first kappa shape index (κ1) is 28.8. The highest BCUT2D eigenvalue weighted by Gasteiger charge is 2.30. The lowest BCUT2D eigenvalue weighted by molar-refractivity contribution is -0.142. The fraction of sp³-hybridized carbons (Fsp3) is 0.650. The molecule has 33 heavy (non-hydrogen) atoms. The minimum absolute atomic E-state index is 0.0414. The van der Waals surface area contributed by atoms with E-state index in [1.807, 2.05) is 20.1 Å². The second-order valence-electron chi connectivity index (χ2n) is 8.00. The van der Waals surface area contributed by atoms with Gasteiger partial charge in [-0.25, -0.2) is 9.78 Å². The molecule has 13 heteroatoms. The van der Waals surface area contributed by atoms with Gasteiger partial charge in [0.25, 0.3) is 0 Å². The van der Waals surface area contributed by atoms with Gasteiger partial charge in [0.15, 0.2) is 0 Å². The standard InChI is InChI=1S/C20H34N6O5S2/c1-11(2)6-15(20(30)31)25-19(29)16(9-32)26-18(28)14(7-12-8-22-10-23-12)24-17(27)13(21)4-5-33-3/h8,10-11,13-16,32H,4-7,9,21H2,1-3H3,(H,22,23)(H,24,27)(H,25,29)(H,26,28)(H,30,31). The fourth-order valence-electron chi connectivity index (χ4n) is 2.91. The van der Waals surface area contributed by atoms with Crippen LogP contribution in [-0.2, 0) is 25.6 Å². The van der Waals surface area contributed by atoms with Crippen LogP contribution in [0.15, 0.2) is 12.5 Å². The summed E-state index contributed by atoms with van der Waals surface area (Å²) in [7, 11) is 0. The van der Waals surface area contributed by atoms with E-state index in [-0.39, 0.29) is 24.5 Å². The van der Waals surface area contributed by atoms with Gasteiger partial charge < -0.3 is 31.8 Å². The molecular formula is C20H34N6O5S2. The molecule has 4 unspecified atom stereocenters. The first-order valence-corrected chi connectivity index (χ1v) is 12.6. The minimum Gasteiger partial charge on any atom is -0.480 e. The highest BCUT2D eigenvalue weighted by Crippen LogP contribution is 2.07. The van der Waals surface area contributed by atoms with Crippen molar-refractivity contribution in [2.45, 2.75) is 57.3 Å². The van der Waals surface area contributed by atoms with Crippen molar-refractivity contribution in [1.29, 1.82) is 0 Å². The summed E-state index contributed by atoms with van der Waals surface area (Å²) < 4.78 is 0. The predicted molar refractivity (Wildman–Crippen MR) is 130 cm³/mol. The number of rotatable bonds is 15. The predicted octanol–water partition coefficient (Wildman–Crippen LogP) is -0.452. The van der Waals surface area contributed by atoms with Gasteiger partial charge in [0.1, 0.15) is 18.1 Å². The zero-order chi connectivity index (χ0) is 25.0. The van der Waals surface area contributed by atoms with E-state index in [0.29, 0.717) is 17.9 Å². The Labute approximate surface area is 203 Å². The fourth-order valence-corrected chi connectivity index (χ4v) is 3.66.